The summed E-state index contributed by atoms with van der Waals surface area (Å²) in [7, 11) is 0. The molecule has 3 rings (SSSR count). The van der Waals surface area contributed by atoms with Crippen molar-refractivity contribution >= 4 is 23.7 Å². The van der Waals surface area contributed by atoms with Crippen LogP contribution in [0.3, 0.4) is 0 Å². The average Bonchev–Trinajstić information content (AvgIpc) is 3.05. The molecule has 0 radical (unpaired) electrons. The Labute approximate surface area is 147 Å². The molecule has 2 heterocycles. The Kier molecular flexibility index (Phi) is 4.85. The summed E-state index contributed by atoms with van der Waals surface area (Å²) in [6.45, 7) is 2.60. The van der Waals surface area contributed by atoms with E-state index < -0.39 is 4.92 Å². The van der Waals surface area contributed by atoms with Crippen LogP contribution in [0.5, 0.6) is 0 Å². The van der Waals surface area contributed by atoms with Gasteiger partial charge in [0.15, 0.2) is 17.3 Å². The summed E-state index contributed by atoms with van der Waals surface area (Å²) < 4.78 is 1.91. The molecule has 0 aliphatic rings. The summed E-state index contributed by atoms with van der Waals surface area (Å²) >= 11 is 1.25. The highest BCUT2D eigenvalue weighted by atomic mass is 32.2. The van der Waals surface area contributed by atoms with Crippen LogP contribution >= 0.6 is 11.8 Å². The number of rotatable bonds is 6. The first-order valence-corrected chi connectivity index (χ1v) is 8.20. The Bertz CT molecular complexity index is 927. The predicted molar refractivity (Wildman–Crippen MR) is 91.5 cm³/mol. The number of hydrogen-bond acceptors (Lipinski definition) is 7. The molecule has 0 spiro atoms. The molecule has 0 fully saturated rings. The highest BCUT2D eigenvalue weighted by Crippen LogP contribution is 2.32. The molecule has 0 N–H and O–H groups in total. The standard InChI is InChI=1S/C16H13N5O3S/c1-2-20-15(11-5-7-17-8-6-11)18-19-16(20)25-14-4-3-13(21(23)24)9-12(14)10-22/h3-10H,2H2,1H3. The van der Waals surface area contributed by atoms with Crippen molar-refractivity contribution in [3.63, 3.8) is 0 Å². The molecular formula is C16H13N5O3S. The van der Waals surface area contributed by atoms with E-state index >= 15 is 0 Å². The number of benzene rings is 1. The van der Waals surface area contributed by atoms with Gasteiger partial charge in [-0.25, -0.2) is 0 Å². The van der Waals surface area contributed by atoms with E-state index in [0.717, 1.165) is 5.56 Å². The van der Waals surface area contributed by atoms with Gasteiger partial charge in [-0.1, -0.05) is 0 Å². The third-order valence-corrected chi connectivity index (χ3v) is 4.58. The summed E-state index contributed by atoms with van der Waals surface area (Å²) in [6.07, 6.45) is 3.96. The Morgan fingerprint density at radius 3 is 2.64 bits per heavy atom. The van der Waals surface area contributed by atoms with Gasteiger partial charge in [0, 0.05) is 47.1 Å². The van der Waals surface area contributed by atoms with Crippen LogP contribution in [0.15, 0.2) is 52.8 Å². The maximum absolute atomic E-state index is 11.3. The van der Waals surface area contributed by atoms with Crippen LogP contribution < -0.4 is 0 Å². The second-order valence-corrected chi connectivity index (χ2v) is 5.99. The number of carbonyl (C=O) groups excluding carboxylic acids is 1. The molecule has 0 saturated heterocycles. The van der Waals surface area contributed by atoms with Gasteiger partial charge in [0.25, 0.3) is 5.69 Å². The quantitative estimate of drug-likeness (QED) is 0.380. The van der Waals surface area contributed by atoms with Crippen LogP contribution in [-0.2, 0) is 6.54 Å². The first-order valence-electron chi connectivity index (χ1n) is 7.39. The van der Waals surface area contributed by atoms with Gasteiger partial charge in [-0.2, -0.15) is 0 Å². The van der Waals surface area contributed by atoms with Crippen LogP contribution in [-0.4, -0.2) is 31.0 Å². The fraction of sp³-hybridized carbons (Fsp3) is 0.125. The lowest BCUT2D eigenvalue weighted by molar-refractivity contribution is -0.384. The Morgan fingerprint density at radius 1 is 1.24 bits per heavy atom. The van der Waals surface area contributed by atoms with E-state index in [0.29, 0.717) is 28.7 Å². The van der Waals surface area contributed by atoms with Crippen molar-refractivity contribution in [2.45, 2.75) is 23.5 Å². The number of non-ortho nitro benzene ring substituents is 1. The lowest BCUT2D eigenvalue weighted by atomic mass is 10.2. The number of nitrogens with zero attached hydrogens (tertiary/aromatic N) is 5. The molecular weight excluding hydrogens is 342 g/mol. The summed E-state index contributed by atoms with van der Waals surface area (Å²) in [4.78, 5) is 26.2. The molecule has 2 aromatic heterocycles. The van der Waals surface area contributed by atoms with Crippen molar-refractivity contribution in [3.05, 3.63) is 58.4 Å². The van der Waals surface area contributed by atoms with Gasteiger partial charge >= 0.3 is 0 Å². The molecule has 1 aromatic carbocycles. The maximum atomic E-state index is 11.3. The second kappa shape index (κ2) is 7.22. The number of carbonyl (C=O) groups is 1. The lowest BCUT2D eigenvalue weighted by Gasteiger charge is -2.08. The smallest absolute Gasteiger partial charge is 0.270 e. The zero-order chi connectivity index (χ0) is 17.8. The largest absolute Gasteiger partial charge is 0.302 e. The highest BCUT2D eigenvalue weighted by molar-refractivity contribution is 7.99. The molecule has 0 atom stereocenters. The van der Waals surface area contributed by atoms with Gasteiger partial charge < -0.3 is 4.57 Å². The zero-order valence-corrected chi connectivity index (χ0v) is 14.0. The lowest BCUT2D eigenvalue weighted by Crippen LogP contribution is -2.00. The minimum Gasteiger partial charge on any atom is -0.302 e. The van der Waals surface area contributed by atoms with Crippen molar-refractivity contribution in [1.82, 2.24) is 19.7 Å². The number of aromatic nitrogens is 4. The summed E-state index contributed by atoms with van der Waals surface area (Å²) in [6, 6.07) is 7.85. The van der Waals surface area contributed by atoms with Crippen LogP contribution in [0.2, 0.25) is 0 Å². The Hall–Kier alpha value is -3.07. The van der Waals surface area contributed by atoms with Gasteiger partial charge in [-0.3, -0.25) is 19.9 Å². The van der Waals surface area contributed by atoms with Crippen LogP contribution in [0.25, 0.3) is 11.4 Å². The molecule has 3 aromatic rings. The van der Waals surface area contributed by atoms with E-state index in [9.17, 15) is 14.9 Å². The fourth-order valence-electron chi connectivity index (χ4n) is 2.30. The van der Waals surface area contributed by atoms with Crippen molar-refractivity contribution in [3.8, 4) is 11.4 Å². The molecule has 0 amide bonds. The molecule has 126 valence electrons. The molecule has 0 unspecified atom stereocenters. The fourth-order valence-corrected chi connectivity index (χ4v) is 3.26. The minimum absolute atomic E-state index is 0.124. The third-order valence-electron chi connectivity index (χ3n) is 3.50. The van der Waals surface area contributed by atoms with Crippen LogP contribution in [0, 0.1) is 10.1 Å². The predicted octanol–water partition coefficient (Wildman–Crippen LogP) is 3.23. The molecule has 0 aliphatic heterocycles. The molecule has 0 saturated carbocycles. The monoisotopic (exact) mass is 355 g/mol. The Morgan fingerprint density at radius 2 is 2.00 bits per heavy atom. The van der Waals surface area contributed by atoms with Crippen LogP contribution in [0.4, 0.5) is 5.69 Å². The van der Waals surface area contributed by atoms with Crippen molar-refractivity contribution < 1.29 is 9.72 Å². The molecule has 0 aliphatic carbocycles. The van der Waals surface area contributed by atoms with E-state index in [4.69, 9.17) is 0 Å². The topological polar surface area (TPSA) is 104 Å². The average molecular weight is 355 g/mol. The minimum atomic E-state index is -0.530. The van der Waals surface area contributed by atoms with Gasteiger partial charge in [0.05, 0.1) is 4.92 Å². The number of hydrogen-bond donors (Lipinski definition) is 0. The van der Waals surface area contributed by atoms with Gasteiger partial charge in [0.2, 0.25) is 0 Å². The van der Waals surface area contributed by atoms with E-state index in [1.54, 1.807) is 18.5 Å². The molecule has 8 nitrogen and oxygen atoms in total. The van der Waals surface area contributed by atoms with Crippen molar-refractivity contribution in [2.24, 2.45) is 0 Å². The van der Waals surface area contributed by atoms with Crippen LogP contribution in [0.1, 0.15) is 17.3 Å². The van der Waals surface area contributed by atoms with E-state index in [1.165, 1.54) is 23.9 Å². The van der Waals surface area contributed by atoms with Gasteiger partial charge in [-0.15, -0.1) is 10.2 Å². The number of aldehydes is 1. The number of pyridine rings is 1. The third kappa shape index (κ3) is 3.41. The molecule has 0 bridgehead atoms. The zero-order valence-electron chi connectivity index (χ0n) is 13.2. The van der Waals surface area contributed by atoms with E-state index in [1.807, 2.05) is 23.6 Å². The molecule has 9 heteroatoms. The maximum Gasteiger partial charge on any atom is 0.270 e. The van der Waals surface area contributed by atoms with Crippen molar-refractivity contribution in [1.29, 1.82) is 0 Å². The SMILES string of the molecule is CCn1c(Sc2ccc([N+](=O)[O-])cc2C=O)nnc1-c1ccncc1. The first-order chi connectivity index (χ1) is 12.1. The highest BCUT2D eigenvalue weighted by Gasteiger charge is 2.17. The normalized spacial score (nSPS) is 10.6. The molecule has 25 heavy (non-hydrogen) atoms. The summed E-state index contributed by atoms with van der Waals surface area (Å²) in [5.74, 6) is 0.696. The summed E-state index contributed by atoms with van der Waals surface area (Å²) in [5, 5.41) is 19.9. The second-order valence-electron chi connectivity index (χ2n) is 4.99. The first kappa shape index (κ1) is 16.8. The van der Waals surface area contributed by atoms with Gasteiger partial charge in [0.1, 0.15) is 0 Å². The number of nitro benzene ring substituents is 1. The Balaban J connectivity index is 1.98. The van der Waals surface area contributed by atoms with E-state index in [2.05, 4.69) is 15.2 Å². The number of nitro groups is 1. The summed E-state index contributed by atoms with van der Waals surface area (Å²) in [5.41, 5.74) is 1.01. The van der Waals surface area contributed by atoms with Gasteiger partial charge in [-0.05, 0) is 36.9 Å². The van der Waals surface area contributed by atoms with Crippen molar-refractivity contribution in [2.75, 3.05) is 0 Å². The van der Waals surface area contributed by atoms with E-state index in [-0.39, 0.29) is 11.3 Å².